The Bertz CT molecular complexity index is 1140. The van der Waals surface area contributed by atoms with E-state index in [1.165, 1.54) is 24.3 Å². The number of thioether (sulfide) groups is 2. The fraction of sp³-hybridized carbons (Fsp3) is 0.222. The van der Waals surface area contributed by atoms with Crippen LogP contribution in [0, 0.1) is 0 Å². The van der Waals surface area contributed by atoms with Gasteiger partial charge >= 0.3 is 0 Å². The summed E-state index contributed by atoms with van der Waals surface area (Å²) < 4.78 is 61.0. The van der Waals surface area contributed by atoms with Crippen molar-refractivity contribution in [2.24, 2.45) is 0 Å². The topological polar surface area (TPSA) is 143 Å². The molecule has 0 saturated carbocycles. The van der Waals surface area contributed by atoms with Gasteiger partial charge in [-0.1, -0.05) is 0 Å². The van der Waals surface area contributed by atoms with Crippen molar-refractivity contribution in [3.8, 4) is 0 Å². The lowest BCUT2D eigenvalue weighted by atomic mass is 9.84. The Balaban J connectivity index is 1.83. The van der Waals surface area contributed by atoms with Gasteiger partial charge in [0.05, 0.1) is 11.5 Å². The lowest BCUT2D eigenvalue weighted by molar-refractivity contribution is 0.0978. The molecule has 0 saturated heterocycles. The van der Waals surface area contributed by atoms with Gasteiger partial charge in [0, 0.05) is 43.6 Å². The minimum atomic E-state index is -4.09. The molecule has 0 fully saturated rings. The third-order valence-corrected chi connectivity index (χ3v) is 8.13. The van der Waals surface area contributed by atoms with Gasteiger partial charge in [0.25, 0.3) is 20.2 Å². The zero-order chi connectivity index (χ0) is 22.1. The molecule has 0 aromatic heterocycles. The highest BCUT2D eigenvalue weighted by Crippen LogP contribution is 2.33. The van der Waals surface area contributed by atoms with Crippen molar-refractivity contribution in [2.75, 3.05) is 23.0 Å². The van der Waals surface area contributed by atoms with E-state index in [2.05, 4.69) is 0 Å². The number of hydrogen-bond acceptors (Lipinski definition) is 8. The minimum absolute atomic E-state index is 0.0882. The van der Waals surface area contributed by atoms with Crippen molar-refractivity contribution in [2.45, 2.75) is 9.79 Å². The van der Waals surface area contributed by atoms with E-state index >= 15 is 0 Å². The van der Waals surface area contributed by atoms with Crippen LogP contribution in [0.3, 0.4) is 0 Å². The number of carbonyl (C=O) groups excluding carboxylic acids is 2. The number of hydrogen-bond donors (Lipinski definition) is 2. The summed E-state index contributed by atoms with van der Waals surface area (Å²) in [5.41, 5.74) is 0.894. The van der Waals surface area contributed by atoms with Crippen LogP contribution in [0.2, 0.25) is 0 Å². The molecule has 2 aromatic carbocycles. The van der Waals surface area contributed by atoms with Crippen LogP contribution < -0.4 is 0 Å². The fourth-order valence-corrected chi connectivity index (χ4v) is 6.37. The maximum atomic E-state index is 13.0. The normalized spacial score (nSPS) is 13.8. The summed E-state index contributed by atoms with van der Waals surface area (Å²) in [5.74, 6) is -1.38. The number of ketones is 2. The van der Waals surface area contributed by atoms with Gasteiger partial charge in [0.1, 0.15) is 0 Å². The maximum absolute atomic E-state index is 13.0. The van der Waals surface area contributed by atoms with Gasteiger partial charge in [-0.15, -0.1) is 23.5 Å². The Labute approximate surface area is 181 Å². The van der Waals surface area contributed by atoms with Gasteiger partial charge in [-0.25, -0.2) is 0 Å². The van der Waals surface area contributed by atoms with Gasteiger partial charge in [-0.3, -0.25) is 18.7 Å². The molecule has 0 aliphatic heterocycles. The SMILES string of the molecule is O=C1c2ccc(SCCS(=O)(=O)O)cc2C(=O)c2cc(SCCS(=O)(=O)O)ccc21. The molecule has 0 atom stereocenters. The monoisotopic (exact) mass is 488 g/mol. The molecule has 2 aromatic rings. The molecule has 0 radical (unpaired) electrons. The first-order valence-electron chi connectivity index (χ1n) is 8.48. The van der Waals surface area contributed by atoms with Crippen molar-refractivity contribution < 1.29 is 35.5 Å². The van der Waals surface area contributed by atoms with Crippen LogP contribution in [0.5, 0.6) is 0 Å². The third kappa shape index (κ3) is 5.71. The summed E-state index contributed by atoms with van der Waals surface area (Å²) in [6, 6.07) is 9.30. The molecular formula is C18H16O8S4. The predicted molar refractivity (Wildman–Crippen MR) is 114 cm³/mol. The molecule has 1 aliphatic rings. The Morgan fingerprint density at radius 3 is 1.37 bits per heavy atom. The molecule has 1 aliphatic carbocycles. The molecule has 0 heterocycles. The highest BCUT2D eigenvalue weighted by atomic mass is 32.2. The third-order valence-electron chi connectivity index (χ3n) is 4.18. The van der Waals surface area contributed by atoms with Crippen molar-refractivity contribution in [3.05, 3.63) is 58.7 Å². The van der Waals surface area contributed by atoms with Gasteiger partial charge in [-0.2, -0.15) is 16.8 Å². The smallest absolute Gasteiger partial charge is 0.265 e. The van der Waals surface area contributed by atoms with E-state index in [4.69, 9.17) is 9.11 Å². The maximum Gasteiger partial charge on any atom is 0.265 e. The summed E-state index contributed by atoms with van der Waals surface area (Å²) in [6.45, 7) is 0. The molecular weight excluding hydrogens is 472 g/mol. The number of benzene rings is 2. The van der Waals surface area contributed by atoms with E-state index in [1.807, 2.05) is 0 Å². The van der Waals surface area contributed by atoms with Crippen LogP contribution in [0.1, 0.15) is 31.8 Å². The average molecular weight is 489 g/mol. The lowest BCUT2D eigenvalue weighted by Crippen LogP contribution is -2.21. The molecule has 2 N–H and O–H groups in total. The van der Waals surface area contributed by atoms with Gasteiger partial charge in [-0.05, 0) is 36.4 Å². The second-order valence-electron chi connectivity index (χ2n) is 6.34. The Morgan fingerprint density at radius 1 is 0.633 bits per heavy atom. The minimum Gasteiger partial charge on any atom is -0.289 e. The lowest BCUT2D eigenvalue weighted by Gasteiger charge is -2.19. The quantitative estimate of drug-likeness (QED) is 0.358. The molecule has 3 rings (SSSR count). The van der Waals surface area contributed by atoms with Gasteiger partial charge < -0.3 is 0 Å². The van der Waals surface area contributed by atoms with E-state index in [0.717, 1.165) is 23.5 Å². The van der Waals surface area contributed by atoms with E-state index < -0.39 is 31.7 Å². The number of carbonyl (C=O) groups is 2. The second-order valence-corrected chi connectivity index (χ2v) is 11.8. The molecule has 0 spiro atoms. The van der Waals surface area contributed by atoms with Crippen molar-refractivity contribution >= 4 is 55.3 Å². The molecule has 8 nitrogen and oxygen atoms in total. The van der Waals surface area contributed by atoms with E-state index in [1.54, 1.807) is 12.1 Å². The zero-order valence-electron chi connectivity index (χ0n) is 15.3. The van der Waals surface area contributed by atoms with Crippen LogP contribution in [-0.2, 0) is 20.2 Å². The Morgan fingerprint density at radius 2 is 1.00 bits per heavy atom. The Kier molecular flexibility index (Phi) is 6.75. The van der Waals surface area contributed by atoms with Crippen LogP contribution >= 0.6 is 23.5 Å². The first kappa shape index (κ1) is 23.0. The summed E-state index contributed by atoms with van der Waals surface area (Å²) >= 11 is 2.27. The highest BCUT2D eigenvalue weighted by Gasteiger charge is 2.30. The van der Waals surface area contributed by atoms with Crippen LogP contribution in [0.4, 0.5) is 0 Å². The second kappa shape index (κ2) is 8.81. The van der Waals surface area contributed by atoms with E-state index in [-0.39, 0.29) is 45.3 Å². The zero-order valence-corrected chi connectivity index (χ0v) is 18.5. The Hall–Kier alpha value is -1.70. The standard InChI is InChI=1S/C18H16O8S4/c19-17-13-3-1-11(27-5-7-29(21,22)23)9-15(13)18(20)16-10-12(2-4-14(16)17)28-6-8-30(24,25)26/h1-4,9-10H,5-8H2,(H,21,22,23)(H,24,25,26). The molecule has 0 amide bonds. The summed E-state index contributed by atoms with van der Waals surface area (Å²) in [4.78, 5) is 26.9. The van der Waals surface area contributed by atoms with E-state index in [9.17, 15) is 26.4 Å². The summed E-state index contributed by atoms with van der Waals surface area (Å²) in [5, 5.41) is 0. The van der Waals surface area contributed by atoms with Gasteiger partial charge in [0.2, 0.25) is 0 Å². The van der Waals surface area contributed by atoms with Crippen molar-refractivity contribution in [1.29, 1.82) is 0 Å². The molecule has 160 valence electrons. The van der Waals surface area contributed by atoms with Crippen LogP contribution in [0.15, 0.2) is 46.2 Å². The average Bonchev–Trinajstić information content (AvgIpc) is 2.64. The van der Waals surface area contributed by atoms with Crippen LogP contribution in [-0.4, -0.2) is 60.5 Å². The number of rotatable bonds is 8. The van der Waals surface area contributed by atoms with Crippen molar-refractivity contribution in [1.82, 2.24) is 0 Å². The largest absolute Gasteiger partial charge is 0.289 e. The summed E-state index contributed by atoms with van der Waals surface area (Å²) in [6.07, 6.45) is 0. The van der Waals surface area contributed by atoms with E-state index in [0.29, 0.717) is 9.79 Å². The van der Waals surface area contributed by atoms with Gasteiger partial charge in [0.15, 0.2) is 11.6 Å². The molecule has 0 bridgehead atoms. The molecule has 12 heteroatoms. The fourth-order valence-electron chi connectivity index (χ4n) is 2.82. The van der Waals surface area contributed by atoms with Crippen LogP contribution in [0.25, 0.3) is 0 Å². The van der Waals surface area contributed by atoms with Crippen molar-refractivity contribution in [3.63, 3.8) is 0 Å². The first-order chi connectivity index (χ1) is 13.9. The predicted octanol–water partition coefficient (Wildman–Crippen LogP) is 2.42. The first-order valence-corrected chi connectivity index (χ1v) is 13.7. The highest BCUT2D eigenvalue weighted by molar-refractivity contribution is 8.00. The molecule has 30 heavy (non-hydrogen) atoms. The molecule has 0 unspecified atom stereocenters. The summed E-state index contributed by atoms with van der Waals surface area (Å²) in [7, 11) is -8.18. The number of fused-ring (bicyclic) bond motifs is 2.